The first-order valence-corrected chi connectivity index (χ1v) is 5.73. The van der Waals surface area contributed by atoms with Gasteiger partial charge in [-0.15, -0.1) is 0 Å². The van der Waals surface area contributed by atoms with E-state index in [1.165, 1.54) is 13.2 Å². The number of aromatic carboxylic acids is 1. The maximum Gasteiger partial charge on any atom is 0.335 e. The molecule has 0 bridgehead atoms. The molecule has 2 aromatic rings. The van der Waals surface area contributed by atoms with E-state index in [1.54, 1.807) is 6.07 Å². The highest BCUT2D eigenvalue weighted by Crippen LogP contribution is 2.29. The van der Waals surface area contributed by atoms with E-state index in [0.717, 1.165) is 11.3 Å². The molecule has 5 nitrogen and oxygen atoms in total. The highest BCUT2D eigenvalue weighted by molar-refractivity contribution is 5.95. The molecule has 0 atom stereocenters. The van der Waals surface area contributed by atoms with E-state index in [-0.39, 0.29) is 11.5 Å². The fourth-order valence-corrected chi connectivity index (χ4v) is 2.12. The van der Waals surface area contributed by atoms with Crippen LogP contribution < -0.4 is 4.74 Å². The van der Waals surface area contributed by atoms with E-state index >= 15 is 0 Å². The van der Waals surface area contributed by atoms with Crippen molar-refractivity contribution in [1.82, 2.24) is 9.55 Å². The second kappa shape index (κ2) is 4.33. The zero-order valence-corrected chi connectivity index (χ0v) is 10.9. The zero-order valence-electron chi connectivity index (χ0n) is 10.9. The number of carbonyl (C=O) groups is 1. The van der Waals surface area contributed by atoms with E-state index < -0.39 is 5.97 Å². The van der Waals surface area contributed by atoms with Gasteiger partial charge in [0, 0.05) is 13.0 Å². The minimum atomic E-state index is -0.980. The van der Waals surface area contributed by atoms with Crippen molar-refractivity contribution in [3.05, 3.63) is 23.5 Å². The molecule has 18 heavy (non-hydrogen) atoms. The molecule has 0 unspecified atom stereocenters. The minimum Gasteiger partial charge on any atom is -0.494 e. The molecule has 0 aliphatic heterocycles. The fraction of sp³-hybridized carbons (Fsp3) is 0.385. The molecule has 0 aliphatic rings. The van der Waals surface area contributed by atoms with Crippen molar-refractivity contribution in [2.45, 2.75) is 19.8 Å². The largest absolute Gasteiger partial charge is 0.494 e. The number of hydrogen-bond donors (Lipinski definition) is 1. The minimum absolute atomic E-state index is 0.188. The lowest BCUT2D eigenvalue weighted by atomic mass is 10.2. The van der Waals surface area contributed by atoms with Gasteiger partial charge in [-0.05, 0) is 12.1 Å². The van der Waals surface area contributed by atoms with Crippen LogP contribution in [0, 0.1) is 0 Å². The number of carboxylic acid groups (broad SMARTS) is 1. The fourth-order valence-electron chi connectivity index (χ4n) is 2.12. The Labute approximate surface area is 105 Å². The van der Waals surface area contributed by atoms with Crippen molar-refractivity contribution < 1.29 is 14.6 Å². The van der Waals surface area contributed by atoms with Crippen LogP contribution in [-0.2, 0) is 7.05 Å². The number of fused-ring (bicyclic) bond motifs is 1. The van der Waals surface area contributed by atoms with Gasteiger partial charge in [-0.2, -0.15) is 0 Å². The second-order valence-electron chi connectivity index (χ2n) is 4.54. The van der Waals surface area contributed by atoms with Crippen molar-refractivity contribution in [2.24, 2.45) is 7.05 Å². The molecule has 0 spiro atoms. The SMILES string of the molecule is COc1cc(C(=O)O)cc2nc(C(C)C)n(C)c12. The van der Waals surface area contributed by atoms with E-state index in [0.29, 0.717) is 11.3 Å². The first-order chi connectivity index (χ1) is 8.45. The standard InChI is InChI=1S/C13H16N2O3/c1-7(2)12-14-9-5-8(13(16)17)6-10(18-4)11(9)15(12)3/h5-7H,1-4H3,(H,16,17). The summed E-state index contributed by atoms with van der Waals surface area (Å²) < 4.78 is 7.22. The Hall–Kier alpha value is -2.04. The van der Waals surface area contributed by atoms with Gasteiger partial charge in [-0.3, -0.25) is 0 Å². The number of ether oxygens (including phenoxy) is 1. The molecule has 1 aromatic carbocycles. The van der Waals surface area contributed by atoms with Gasteiger partial charge in [-0.25, -0.2) is 9.78 Å². The van der Waals surface area contributed by atoms with Crippen LogP contribution in [0.25, 0.3) is 11.0 Å². The van der Waals surface area contributed by atoms with Crippen LogP contribution in [0.3, 0.4) is 0 Å². The summed E-state index contributed by atoms with van der Waals surface area (Å²) in [7, 11) is 3.44. The van der Waals surface area contributed by atoms with E-state index in [4.69, 9.17) is 9.84 Å². The molecule has 0 aliphatic carbocycles. The first kappa shape index (κ1) is 12.4. The summed E-state index contributed by atoms with van der Waals surface area (Å²) in [6.07, 6.45) is 0. The Morgan fingerprint density at radius 3 is 2.61 bits per heavy atom. The number of imidazole rings is 1. The van der Waals surface area contributed by atoms with E-state index in [1.807, 2.05) is 25.5 Å². The zero-order chi connectivity index (χ0) is 13.4. The molecular formula is C13H16N2O3. The number of benzene rings is 1. The molecule has 0 amide bonds. The van der Waals surface area contributed by atoms with Crippen LogP contribution in [0.4, 0.5) is 0 Å². The Kier molecular flexibility index (Phi) is 2.98. The first-order valence-electron chi connectivity index (χ1n) is 5.73. The van der Waals surface area contributed by atoms with Crippen LogP contribution in [0.1, 0.15) is 35.9 Å². The number of methoxy groups -OCH3 is 1. The molecule has 1 aromatic heterocycles. The van der Waals surface area contributed by atoms with Gasteiger partial charge in [0.2, 0.25) is 0 Å². The van der Waals surface area contributed by atoms with Crippen molar-refractivity contribution in [2.75, 3.05) is 7.11 Å². The highest BCUT2D eigenvalue weighted by atomic mass is 16.5. The number of rotatable bonds is 3. The number of aryl methyl sites for hydroxylation is 1. The quantitative estimate of drug-likeness (QED) is 0.905. The summed E-state index contributed by atoms with van der Waals surface area (Å²) in [4.78, 5) is 15.5. The van der Waals surface area contributed by atoms with E-state index in [9.17, 15) is 4.79 Å². The number of hydrogen-bond acceptors (Lipinski definition) is 3. The molecule has 0 radical (unpaired) electrons. The summed E-state index contributed by atoms with van der Waals surface area (Å²) in [5.41, 5.74) is 1.66. The van der Waals surface area contributed by atoms with Crippen LogP contribution in [0.2, 0.25) is 0 Å². The third kappa shape index (κ3) is 1.81. The molecule has 0 saturated heterocycles. The summed E-state index contributed by atoms with van der Waals surface area (Å²) in [6.45, 7) is 4.09. The van der Waals surface area contributed by atoms with Crippen LogP contribution >= 0.6 is 0 Å². The molecule has 96 valence electrons. The molecule has 2 rings (SSSR count). The van der Waals surface area contributed by atoms with Gasteiger partial charge in [0.05, 0.1) is 18.2 Å². The van der Waals surface area contributed by atoms with Gasteiger partial charge in [0.1, 0.15) is 17.1 Å². The molecule has 0 saturated carbocycles. The summed E-state index contributed by atoms with van der Waals surface area (Å²) in [5.74, 6) is 0.727. The van der Waals surface area contributed by atoms with Gasteiger partial charge in [0.15, 0.2) is 0 Å². The number of nitrogens with zero attached hydrogens (tertiary/aromatic N) is 2. The monoisotopic (exact) mass is 248 g/mol. The predicted molar refractivity (Wildman–Crippen MR) is 68.3 cm³/mol. The summed E-state index contributed by atoms with van der Waals surface area (Å²) in [5, 5.41) is 9.06. The van der Waals surface area contributed by atoms with Gasteiger partial charge in [0.25, 0.3) is 0 Å². The highest BCUT2D eigenvalue weighted by Gasteiger charge is 2.17. The lowest BCUT2D eigenvalue weighted by molar-refractivity contribution is 0.0696. The van der Waals surface area contributed by atoms with Gasteiger partial charge >= 0.3 is 5.97 Å². The lowest BCUT2D eigenvalue weighted by Crippen LogP contribution is -2.01. The Bertz CT molecular complexity index is 614. The normalized spacial score (nSPS) is 11.2. The van der Waals surface area contributed by atoms with Crippen molar-refractivity contribution in [3.8, 4) is 5.75 Å². The third-order valence-corrected chi connectivity index (χ3v) is 2.95. The van der Waals surface area contributed by atoms with E-state index in [2.05, 4.69) is 4.98 Å². The van der Waals surface area contributed by atoms with Crippen molar-refractivity contribution in [3.63, 3.8) is 0 Å². The van der Waals surface area contributed by atoms with Crippen LogP contribution in [-0.4, -0.2) is 27.7 Å². The summed E-state index contributed by atoms with van der Waals surface area (Å²) in [6, 6.07) is 3.10. The molecular weight excluding hydrogens is 232 g/mol. The Morgan fingerprint density at radius 2 is 2.11 bits per heavy atom. The average Bonchev–Trinajstić information content (AvgIpc) is 2.66. The molecule has 1 N–H and O–H groups in total. The number of carboxylic acids is 1. The Morgan fingerprint density at radius 1 is 1.44 bits per heavy atom. The van der Waals surface area contributed by atoms with Gasteiger partial charge in [-0.1, -0.05) is 13.8 Å². The van der Waals surface area contributed by atoms with Crippen LogP contribution in [0.15, 0.2) is 12.1 Å². The molecule has 0 fully saturated rings. The van der Waals surface area contributed by atoms with Crippen LogP contribution in [0.5, 0.6) is 5.75 Å². The van der Waals surface area contributed by atoms with Crippen molar-refractivity contribution >= 4 is 17.0 Å². The average molecular weight is 248 g/mol. The maximum atomic E-state index is 11.0. The van der Waals surface area contributed by atoms with Crippen molar-refractivity contribution in [1.29, 1.82) is 0 Å². The molecule has 5 heteroatoms. The third-order valence-electron chi connectivity index (χ3n) is 2.95. The topological polar surface area (TPSA) is 64.3 Å². The van der Waals surface area contributed by atoms with Gasteiger partial charge < -0.3 is 14.4 Å². The summed E-state index contributed by atoms with van der Waals surface area (Å²) >= 11 is 0. The lowest BCUT2D eigenvalue weighted by Gasteiger charge is -2.07. The maximum absolute atomic E-state index is 11.0. The number of aromatic nitrogens is 2. The predicted octanol–water partition coefficient (Wildman–Crippen LogP) is 2.40. The smallest absolute Gasteiger partial charge is 0.335 e. The Balaban J connectivity index is 2.80. The second-order valence-corrected chi connectivity index (χ2v) is 4.54. The molecule has 1 heterocycles.